The molecule has 1 aliphatic heterocycles. The lowest BCUT2D eigenvalue weighted by Gasteiger charge is -2.11. The number of hydrogen-bond acceptors (Lipinski definition) is 3. The standard InChI is InChI=1S/C20H22F2N4O/c1-11(20(27)24-18-10-17(25-26-18)12-6-7-12)15-8-13-4-2-3-5-14(19(21)22)9-16(13)23-15/h3,5,8-13,19H,2,4,6-7H2,1H3,(H2,24,25,26,27)/b5-3-,14-9+/t11-,13?/m1/s1. The fraction of sp³-hybridized carbons (Fsp3) is 0.450. The Morgan fingerprint density at radius 2 is 2.15 bits per heavy atom. The van der Waals surface area contributed by atoms with Crippen molar-refractivity contribution >= 4 is 17.4 Å². The molecule has 0 spiro atoms. The minimum Gasteiger partial charge on any atom is -0.311 e. The largest absolute Gasteiger partial charge is 0.311 e. The quantitative estimate of drug-likeness (QED) is 0.806. The molecule has 1 fully saturated rings. The molecule has 27 heavy (non-hydrogen) atoms. The minimum atomic E-state index is -2.53. The Bertz CT molecular complexity index is 861. The van der Waals surface area contributed by atoms with Crippen LogP contribution in [-0.4, -0.2) is 28.2 Å². The minimum absolute atomic E-state index is 0.0254. The summed E-state index contributed by atoms with van der Waals surface area (Å²) in [7, 11) is 0. The van der Waals surface area contributed by atoms with Crippen LogP contribution in [0, 0.1) is 11.8 Å². The molecule has 2 N–H and O–H groups in total. The van der Waals surface area contributed by atoms with Gasteiger partial charge in [-0.1, -0.05) is 18.2 Å². The Balaban J connectivity index is 1.47. The highest BCUT2D eigenvalue weighted by molar-refractivity contribution is 6.03. The van der Waals surface area contributed by atoms with E-state index in [4.69, 9.17) is 0 Å². The lowest BCUT2D eigenvalue weighted by atomic mass is 9.93. The van der Waals surface area contributed by atoms with Crippen molar-refractivity contribution in [2.24, 2.45) is 16.8 Å². The topological polar surface area (TPSA) is 70.1 Å². The third kappa shape index (κ3) is 3.91. The molecule has 2 atom stereocenters. The van der Waals surface area contributed by atoms with E-state index in [-0.39, 0.29) is 17.4 Å². The van der Waals surface area contributed by atoms with E-state index in [1.807, 2.05) is 12.1 Å². The first kappa shape index (κ1) is 17.8. The number of H-pyrrole nitrogens is 1. The van der Waals surface area contributed by atoms with Gasteiger partial charge in [-0.2, -0.15) is 5.10 Å². The van der Waals surface area contributed by atoms with Gasteiger partial charge < -0.3 is 5.32 Å². The molecule has 2 aliphatic carbocycles. The molecule has 0 saturated heterocycles. The molecule has 1 aromatic rings. The number of aromatic nitrogens is 2. The van der Waals surface area contributed by atoms with Gasteiger partial charge in [-0.05, 0) is 38.7 Å². The summed E-state index contributed by atoms with van der Waals surface area (Å²) in [6, 6.07) is 1.87. The number of alkyl halides is 2. The van der Waals surface area contributed by atoms with E-state index in [1.54, 1.807) is 13.0 Å². The number of hydrogen-bond donors (Lipinski definition) is 2. The monoisotopic (exact) mass is 372 g/mol. The van der Waals surface area contributed by atoms with E-state index in [1.165, 1.54) is 12.2 Å². The van der Waals surface area contributed by atoms with Crippen molar-refractivity contribution in [1.29, 1.82) is 0 Å². The zero-order valence-corrected chi connectivity index (χ0v) is 15.1. The molecule has 1 saturated carbocycles. The van der Waals surface area contributed by atoms with Gasteiger partial charge in [-0.25, -0.2) is 8.78 Å². The van der Waals surface area contributed by atoms with Gasteiger partial charge >= 0.3 is 0 Å². The molecule has 7 heteroatoms. The third-order valence-electron chi connectivity index (χ3n) is 5.22. The maximum Gasteiger partial charge on any atom is 0.263 e. The van der Waals surface area contributed by atoms with Crippen LogP contribution in [0.4, 0.5) is 14.6 Å². The number of amides is 1. The zero-order valence-electron chi connectivity index (χ0n) is 15.1. The van der Waals surface area contributed by atoms with Gasteiger partial charge in [0, 0.05) is 34.9 Å². The highest BCUT2D eigenvalue weighted by Gasteiger charge is 2.29. The molecule has 1 unspecified atom stereocenters. The first-order valence-electron chi connectivity index (χ1n) is 9.34. The van der Waals surface area contributed by atoms with Gasteiger partial charge in [-0.15, -0.1) is 0 Å². The molecule has 5 nitrogen and oxygen atoms in total. The molecule has 3 aliphatic rings. The fourth-order valence-corrected chi connectivity index (χ4v) is 3.39. The van der Waals surface area contributed by atoms with Gasteiger partial charge in [0.25, 0.3) is 6.43 Å². The number of anilines is 1. The van der Waals surface area contributed by atoms with Crippen LogP contribution < -0.4 is 5.32 Å². The average Bonchev–Trinajstić information content (AvgIpc) is 3.25. The van der Waals surface area contributed by atoms with E-state index in [0.717, 1.165) is 25.0 Å². The van der Waals surface area contributed by atoms with Gasteiger partial charge in [0.1, 0.15) is 5.82 Å². The summed E-state index contributed by atoms with van der Waals surface area (Å²) in [4.78, 5) is 17.1. The Kier molecular flexibility index (Phi) is 4.76. The molecule has 4 rings (SSSR count). The zero-order chi connectivity index (χ0) is 19.0. The summed E-state index contributed by atoms with van der Waals surface area (Å²) >= 11 is 0. The number of nitrogens with zero attached hydrogens (tertiary/aromatic N) is 2. The van der Waals surface area contributed by atoms with E-state index < -0.39 is 12.3 Å². The summed E-state index contributed by atoms with van der Waals surface area (Å²) in [6.45, 7) is 1.78. The fourth-order valence-electron chi connectivity index (χ4n) is 3.39. The second kappa shape index (κ2) is 7.21. The summed E-state index contributed by atoms with van der Waals surface area (Å²) in [5.41, 5.74) is 2.19. The van der Waals surface area contributed by atoms with Crippen molar-refractivity contribution in [1.82, 2.24) is 10.2 Å². The molecule has 142 valence electrons. The van der Waals surface area contributed by atoms with E-state index in [0.29, 0.717) is 29.6 Å². The summed E-state index contributed by atoms with van der Waals surface area (Å²) in [6.07, 6.45) is 7.87. The average molecular weight is 372 g/mol. The van der Waals surface area contributed by atoms with Crippen molar-refractivity contribution in [3.63, 3.8) is 0 Å². The molecule has 0 aromatic carbocycles. The van der Waals surface area contributed by atoms with E-state index in [9.17, 15) is 13.6 Å². The predicted molar refractivity (Wildman–Crippen MR) is 99.8 cm³/mol. The molecule has 1 aromatic heterocycles. The maximum absolute atomic E-state index is 13.1. The van der Waals surface area contributed by atoms with Gasteiger partial charge in [0.2, 0.25) is 5.91 Å². The normalized spacial score (nSPS) is 26.2. The van der Waals surface area contributed by atoms with Gasteiger partial charge in [0.15, 0.2) is 0 Å². The number of carbonyl (C=O) groups excluding carboxylic acids is 1. The van der Waals surface area contributed by atoms with Crippen molar-refractivity contribution in [3.05, 3.63) is 47.3 Å². The van der Waals surface area contributed by atoms with E-state index in [2.05, 4.69) is 20.5 Å². The number of carbonyl (C=O) groups is 1. The Morgan fingerprint density at radius 1 is 1.33 bits per heavy atom. The number of rotatable bonds is 5. The number of fused-ring (bicyclic) bond motifs is 1. The summed E-state index contributed by atoms with van der Waals surface area (Å²) < 4.78 is 26.2. The Hall–Kier alpha value is -2.57. The number of allylic oxidation sites excluding steroid dienone is 5. The van der Waals surface area contributed by atoms with Crippen LogP contribution in [0.2, 0.25) is 0 Å². The molecule has 0 radical (unpaired) electrons. The first-order valence-corrected chi connectivity index (χ1v) is 9.34. The van der Waals surface area contributed by atoms with Gasteiger partial charge in [0.05, 0.1) is 11.6 Å². The third-order valence-corrected chi connectivity index (χ3v) is 5.22. The van der Waals surface area contributed by atoms with Crippen LogP contribution in [0.5, 0.6) is 0 Å². The van der Waals surface area contributed by atoms with Crippen LogP contribution >= 0.6 is 0 Å². The lowest BCUT2D eigenvalue weighted by Crippen LogP contribution is -2.21. The summed E-state index contributed by atoms with van der Waals surface area (Å²) in [5, 5.41) is 9.91. The Morgan fingerprint density at radius 3 is 2.89 bits per heavy atom. The number of halogens is 2. The van der Waals surface area contributed by atoms with E-state index >= 15 is 0 Å². The second-order valence-electron chi connectivity index (χ2n) is 7.35. The van der Waals surface area contributed by atoms with Gasteiger partial charge in [-0.3, -0.25) is 14.9 Å². The van der Waals surface area contributed by atoms with Crippen LogP contribution in [0.15, 0.2) is 46.6 Å². The van der Waals surface area contributed by atoms with Crippen LogP contribution in [-0.2, 0) is 4.79 Å². The molecule has 1 amide bonds. The van der Waals surface area contributed by atoms with Crippen molar-refractivity contribution < 1.29 is 13.6 Å². The first-order chi connectivity index (χ1) is 13.0. The lowest BCUT2D eigenvalue weighted by molar-refractivity contribution is -0.118. The number of aliphatic imine (C=N–C) groups is 1. The van der Waals surface area contributed by atoms with Crippen molar-refractivity contribution in [2.75, 3.05) is 5.32 Å². The van der Waals surface area contributed by atoms with Crippen LogP contribution in [0.1, 0.15) is 44.2 Å². The summed E-state index contributed by atoms with van der Waals surface area (Å²) in [5.74, 6) is 0.392. The molecule has 2 heterocycles. The predicted octanol–water partition coefficient (Wildman–Crippen LogP) is 4.36. The molecular weight excluding hydrogens is 350 g/mol. The second-order valence-corrected chi connectivity index (χ2v) is 7.35. The molecule has 0 bridgehead atoms. The van der Waals surface area contributed by atoms with Crippen LogP contribution in [0.25, 0.3) is 0 Å². The van der Waals surface area contributed by atoms with Crippen molar-refractivity contribution in [3.8, 4) is 0 Å². The highest BCUT2D eigenvalue weighted by Crippen LogP contribution is 2.39. The highest BCUT2D eigenvalue weighted by atomic mass is 19.3. The van der Waals surface area contributed by atoms with Crippen LogP contribution in [0.3, 0.4) is 0 Å². The Labute approximate surface area is 156 Å². The maximum atomic E-state index is 13.1. The SMILES string of the molecule is C[C@@H](C(=O)Nc1cc(C2CC2)n[nH]1)C1=CC2CC/C=C\C(C(F)F)=C/C2=N1. The smallest absolute Gasteiger partial charge is 0.263 e. The number of nitrogens with one attached hydrogen (secondary N) is 2. The number of aromatic amines is 1. The molecular formula is C20H22F2N4O. The van der Waals surface area contributed by atoms with Crippen molar-refractivity contribution in [2.45, 2.75) is 45.0 Å².